The molecule has 4 rings (SSSR count). The summed E-state index contributed by atoms with van der Waals surface area (Å²) in [7, 11) is 0. The van der Waals surface area contributed by atoms with Gasteiger partial charge in [0, 0.05) is 23.5 Å². The minimum Gasteiger partial charge on any atom is -0.323 e. The normalized spacial score (nSPS) is 15.9. The molecule has 140 valence electrons. The Morgan fingerprint density at radius 1 is 0.964 bits per heavy atom. The van der Waals surface area contributed by atoms with Crippen molar-refractivity contribution in [3.05, 3.63) is 89.7 Å². The first-order valence-electron chi connectivity index (χ1n) is 9.29. The maximum Gasteiger partial charge on any atom is 0.294 e. The van der Waals surface area contributed by atoms with Crippen molar-refractivity contribution >= 4 is 23.2 Å². The third kappa shape index (κ3) is 3.16. The summed E-state index contributed by atoms with van der Waals surface area (Å²) < 4.78 is 1.84. The van der Waals surface area contributed by atoms with Gasteiger partial charge >= 0.3 is 0 Å². The Kier molecular flexibility index (Phi) is 4.65. The Bertz CT molecular complexity index is 1030. The fraction of sp³-hybridized carbons (Fsp3) is 0.174. The largest absolute Gasteiger partial charge is 0.323 e. The van der Waals surface area contributed by atoms with Gasteiger partial charge in [-0.15, -0.1) is 0 Å². The molecule has 1 atom stereocenters. The summed E-state index contributed by atoms with van der Waals surface area (Å²) in [6.07, 6.45) is 1.84. The van der Waals surface area contributed by atoms with E-state index in [-0.39, 0.29) is 18.4 Å². The molecule has 2 heterocycles. The lowest BCUT2D eigenvalue weighted by molar-refractivity contribution is -0.695. The summed E-state index contributed by atoms with van der Waals surface area (Å²) in [6.45, 7) is 4.14. The smallest absolute Gasteiger partial charge is 0.294 e. The third-order valence-corrected chi connectivity index (χ3v) is 5.10. The molecule has 0 spiro atoms. The summed E-state index contributed by atoms with van der Waals surface area (Å²) >= 11 is 0. The van der Waals surface area contributed by atoms with E-state index in [2.05, 4.69) is 5.32 Å². The molecule has 1 aliphatic heterocycles. The van der Waals surface area contributed by atoms with Gasteiger partial charge < -0.3 is 5.32 Å². The topological polar surface area (TPSA) is 53.3 Å². The Hall–Kier alpha value is -3.47. The Morgan fingerprint density at radius 3 is 2.36 bits per heavy atom. The molecule has 0 aliphatic carbocycles. The number of carbonyl (C=O) groups excluding carboxylic acids is 2. The molecular formula is C23H22N3O2+. The fourth-order valence-corrected chi connectivity index (χ4v) is 3.72. The highest BCUT2D eigenvalue weighted by Gasteiger charge is 2.43. The van der Waals surface area contributed by atoms with Crippen LogP contribution in [-0.2, 0) is 16.1 Å². The molecule has 1 N–H and O–H groups in total. The van der Waals surface area contributed by atoms with Crippen LogP contribution in [0, 0.1) is 13.8 Å². The van der Waals surface area contributed by atoms with Crippen molar-refractivity contribution in [1.29, 1.82) is 0 Å². The van der Waals surface area contributed by atoms with Crippen LogP contribution in [0.4, 0.5) is 11.4 Å². The average molecular weight is 372 g/mol. The van der Waals surface area contributed by atoms with Crippen LogP contribution in [0.3, 0.4) is 0 Å². The van der Waals surface area contributed by atoms with E-state index in [9.17, 15) is 9.59 Å². The second-order valence-electron chi connectivity index (χ2n) is 7.01. The molecule has 2 amide bonds. The van der Waals surface area contributed by atoms with Crippen molar-refractivity contribution in [2.24, 2.45) is 0 Å². The summed E-state index contributed by atoms with van der Waals surface area (Å²) in [4.78, 5) is 28.0. The van der Waals surface area contributed by atoms with Crippen molar-refractivity contribution in [2.75, 3.05) is 10.2 Å². The first-order valence-corrected chi connectivity index (χ1v) is 9.29. The zero-order valence-electron chi connectivity index (χ0n) is 15.9. The first-order chi connectivity index (χ1) is 13.6. The molecule has 1 aromatic heterocycles. The number of hydrogen-bond donors (Lipinski definition) is 1. The summed E-state index contributed by atoms with van der Waals surface area (Å²) in [5, 5.41) is 3.06. The van der Waals surface area contributed by atoms with Gasteiger partial charge in [-0.25, -0.2) is 0 Å². The molecule has 0 unspecified atom stereocenters. The van der Waals surface area contributed by atoms with Gasteiger partial charge in [0.2, 0.25) is 18.3 Å². The van der Waals surface area contributed by atoms with Crippen molar-refractivity contribution in [3.8, 4) is 0 Å². The van der Waals surface area contributed by atoms with Crippen LogP contribution >= 0.6 is 0 Å². The number of hydrogen-bond acceptors (Lipinski definition) is 2. The van der Waals surface area contributed by atoms with Gasteiger partial charge in [0.15, 0.2) is 6.20 Å². The molecule has 28 heavy (non-hydrogen) atoms. The predicted octanol–water partition coefficient (Wildman–Crippen LogP) is 3.32. The molecule has 0 saturated carbocycles. The van der Waals surface area contributed by atoms with Crippen molar-refractivity contribution in [3.63, 3.8) is 0 Å². The number of carbonyl (C=O) groups is 2. The zero-order valence-corrected chi connectivity index (χ0v) is 15.9. The van der Waals surface area contributed by atoms with Crippen LogP contribution in [0.1, 0.15) is 22.9 Å². The van der Waals surface area contributed by atoms with Gasteiger partial charge in [0.25, 0.3) is 11.8 Å². The average Bonchev–Trinajstić information content (AvgIpc) is 2.70. The zero-order chi connectivity index (χ0) is 19.7. The number of aryl methyl sites for hydroxylation is 2. The molecule has 3 aromatic rings. The molecule has 0 radical (unpaired) electrons. The number of amides is 2. The van der Waals surface area contributed by atoms with Gasteiger partial charge in [-0.3, -0.25) is 14.5 Å². The van der Waals surface area contributed by atoms with Crippen molar-refractivity contribution < 1.29 is 14.2 Å². The van der Waals surface area contributed by atoms with Gasteiger partial charge in [0.1, 0.15) is 0 Å². The number of benzene rings is 2. The Balaban J connectivity index is 1.80. The van der Waals surface area contributed by atoms with Crippen LogP contribution in [0.2, 0.25) is 0 Å². The number of fused-ring (bicyclic) bond motifs is 1. The number of nitrogens with one attached hydrogen (secondary N) is 1. The number of para-hydroxylation sites is 2. The minimum atomic E-state index is -0.746. The maximum absolute atomic E-state index is 13.4. The SMILES string of the molecule is Cc1cccc(C)c1NC(=O)[C@H]1c2cccc[n+]2CC(=O)N1c1ccccc1. The molecule has 5 nitrogen and oxygen atoms in total. The van der Waals surface area contributed by atoms with Gasteiger partial charge in [0.05, 0.1) is 0 Å². The van der Waals surface area contributed by atoms with E-state index in [1.165, 1.54) is 0 Å². The van der Waals surface area contributed by atoms with Crippen molar-refractivity contribution in [1.82, 2.24) is 0 Å². The van der Waals surface area contributed by atoms with Gasteiger partial charge in [-0.05, 0) is 37.1 Å². The quantitative estimate of drug-likeness (QED) is 0.717. The molecule has 0 fully saturated rings. The third-order valence-electron chi connectivity index (χ3n) is 5.10. The first kappa shape index (κ1) is 17.9. The molecule has 0 saturated heterocycles. The minimum absolute atomic E-state index is 0.114. The number of pyridine rings is 1. The maximum atomic E-state index is 13.4. The van der Waals surface area contributed by atoms with Crippen LogP contribution in [0.5, 0.6) is 0 Å². The standard InChI is InChI=1S/C23H21N3O2/c1-16-9-8-10-17(2)21(16)24-23(28)22-19-13-6-7-14-25(19)15-20(27)26(22)18-11-4-3-5-12-18/h3-14,22H,15H2,1-2H3/p+1/t22-/m1/s1. The highest BCUT2D eigenvalue weighted by atomic mass is 16.2. The van der Waals surface area contributed by atoms with Gasteiger partial charge in [-0.2, -0.15) is 4.57 Å². The van der Waals surface area contributed by atoms with Crippen LogP contribution in [0.15, 0.2) is 72.9 Å². The lowest BCUT2D eigenvalue weighted by Gasteiger charge is -2.32. The summed E-state index contributed by atoms with van der Waals surface area (Å²) in [5.74, 6) is -0.342. The second kappa shape index (κ2) is 7.27. The molecular weight excluding hydrogens is 350 g/mol. The van der Waals surface area contributed by atoms with E-state index < -0.39 is 6.04 Å². The van der Waals surface area contributed by atoms with E-state index in [4.69, 9.17) is 0 Å². The van der Waals surface area contributed by atoms with Gasteiger partial charge in [-0.1, -0.05) is 42.5 Å². The lowest BCUT2D eigenvalue weighted by Crippen LogP contribution is -2.58. The van der Waals surface area contributed by atoms with E-state index >= 15 is 0 Å². The van der Waals surface area contributed by atoms with Crippen LogP contribution in [-0.4, -0.2) is 11.8 Å². The Morgan fingerprint density at radius 2 is 1.64 bits per heavy atom. The fourth-order valence-electron chi connectivity index (χ4n) is 3.72. The number of aromatic nitrogens is 1. The number of anilines is 2. The van der Waals surface area contributed by atoms with Crippen LogP contribution in [0.25, 0.3) is 0 Å². The van der Waals surface area contributed by atoms with Crippen LogP contribution < -0.4 is 14.8 Å². The molecule has 2 aromatic carbocycles. The summed E-state index contributed by atoms with van der Waals surface area (Å²) in [5.41, 5.74) is 4.27. The monoisotopic (exact) mass is 372 g/mol. The lowest BCUT2D eigenvalue weighted by atomic mass is 10.0. The summed E-state index contributed by atoms with van der Waals surface area (Å²) in [6, 6.07) is 20.2. The number of nitrogens with zero attached hydrogens (tertiary/aromatic N) is 2. The second-order valence-corrected chi connectivity index (χ2v) is 7.01. The van der Waals surface area contributed by atoms with Crippen molar-refractivity contribution in [2.45, 2.75) is 26.4 Å². The molecule has 1 aliphatic rings. The molecule has 5 heteroatoms. The number of rotatable bonds is 3. The molecule has 0 bridgehead atoms. The predicted molar refractivity (Wildman–Crippen MR) is 108 cm³/mol. The highest BCUT2D eigenvalue weighted by Crippen LogP contribution is 2.30. The van der Waals surface area contributed by atoms with E-state index in [1.54, 1.807) is 4.90 Å². The highest BCUT2D eigenvalue weighted by molar-refractivity contribution is 6.05. The van der Waals surface area contributed by atoms with E-state index in [0.717, 1.165) is 22.5 Å². The van der Waals surface area contributed by atoms with E-state index in [1.807, 2.05) is 91.3 Å². The Labute approximate surface area is 164 Å². The van der Waals surface area contributed by atoms with E-state index in [0.29, 0.717) is 5.69 Å².